The second-order valence-electron chi connectivity index (χ2n) is 5.70. The van der Waals surface area contributed by atoms with E-state index in [2.05, 4.69) is 5.32 Å². The van der Waals surface area contributed by atoms with Crippen LogP contribution in [0, 0.1) is 0 Å². The lowest BCUT2D eigenvalue weighted by Crippen LogP contribution is -2.12. The number of amides is 1. The summed E-state index contributed by atoms with van der Waals surface area (Å²) in [5.74, 6) is 0.696. The average molecular weight is 402 g/mol. The van der Waals surface area contributed by atoms with Gasteiger partial charge in [0.15, 0.2) is 11.5 Å². The van der Waals surface area contributed by atoms with Crippen molar-refractivity contribution in [3.05, 3.63) is 87.9 Å². The molecule has 0 aliphatic heterocycles. The van der Waals surface area contributed by atoms with Gasteiger partial charge < -0.3 is 14.8 Å². The summed E-state index contributed by atoms with van der Waals surface area (Å²) in [5, 5.41) is 3.41. The third-order valence-corrected chi connectivity index (χ3v) is 4.68. The fourth-order valence-electron chi connectivity index (χ4n) is 2.46. The van der Waals surface area contributed by atoms with Gasteiger partial charge in [-0.3, -0.25) is 4.79 Å². The molecule has 4 nitrogen and oxygen atoms in total. The molecule has 0 heterocycles. The van der Waals surface area contributed by atoms with E-state index in [-0.39, 0.29) is 5.91 Å². The number of methoxy groups -OCH3 is 1. The van der Waals surface area contributed by atoms with Crippen LogP contribution in [0.3, 0.4) is 0 Å². The van der Waals surface area contributed by atoms with Crippen LogP contribution in [0.5, 0.6) is 11.5 Å². The maximum Gasteiger partial charge on any atom is 0.255 e. The van der Waals surface area contributed by atoms with Crippen LogP contribution >= 0.6 is 23.2 Å². The van der Waals surface area contributed by atoms with Gasteiger partial charge in [0.25, 0.3) is 5.91 Å². The molecule has 0 saturated heterocycles. The highest BCUT2D eigenvalue weighted by Gasteiger charge is 2.14. The number of carbonyl (C=O) groups excluding carboxylic acids is 1. The zero-order valence-corrected chi connectivity index (χ0v) is 16.1. The number of carbonyl (C=O) groups is 1. The molecular formula is C21H17Cl2NO3. The van der Waals surface area contributed by atoms with Gasteiger partial charge in [-0.2, -0.15) is 0 Å². The largest absolute Gasteiger partial charge is 0.493 e. The molecule has 0 saturated carbocycles. The SMILES string of the molecule is COc1cc(C(=O)Nc2cccc(Cl)c2Cl)ccc1OCc1ccccc1. The normalized spacial score (nSPS) is 10.3. The molecule has 0 aromatic heterocycles. The monoisotopic (exact) mass is 401 g/mol. The van der Waals surface area contributed by atoms with Crippen molar-refractivity contribution in [3.8, 4) is 11.5 Å². The standard InChI is InChI=1S/C21H17Cl2NO3/c1-26-19-12-15(21(25)24-17-9-5-8-16(22)20(17)23)10-11-18(19)27-13-14-6-3-2-4-7-14/h2-12H,13H2,1H3,(H,24,25). The van der Waals surface area contributed by atoms with E-state index in [0.717, 1.165) is 5.56 Å². The van der Waals surface area contributed by atoms with E-state index in [4.69, 9.17) is 32.7 Å². The van der Waals surface area contributed by atoms with Crippen molar-refractivity contribution in [2.45, 2.75) is 6.61 Å². The first-order chi connectivity index (χ1) is 13.1. The van der Waals surface area contributed by atoms with Crippen LogP contribution < -0.4 is 14.8 Å². The molecule has 3 aromatic rings. The quantitative estimate of drug-likeness (QED) is 0.564. The zero-order valence-electron chi connectivity index (χ0n) is 14.5. The van der Waals surface area contributed by atoms with Gasteiger partial charge in [0.1, 0.15) is 6.61 Å². The fraction of sp³-hybridized carbons (Fsp3) is 0.0952. The maximum absolute atomic E-state index is 12.5. The smallest absolute Gasteiger partial charge is 0.255 e. The molecule has 6 heteroatoms. The number of anilines is 1. The maximum atomic E-state index is 12.5. The molecule has 27 heavy (non-hydrogen) atoms. The summed E-state index contributed by atoms with van der Waals surface area (Å²) in [6.45, 7) is 0.404. The van der Waals surface area contributed by atoms with E-state index in [0.29, 0.717) is 39.4 Å². The summed E-state index contributed by atoms with van der Waals surface area (Å²) in [6, 6.07) is 19.8. The summed E-state index contributed by atoms with van der Waals surface area (Å²) in [4.78, 5) is 12.5. The van der Waals surface area contributed by atoms with Gasteiger partial charge in [0.2, 0.25) is 0 Å². The molecular weight excluding hydrogens is 385 g/mol. The lowest BCUT2D eigenvalue weighted by atomic mass is 10.1. The topological polar surface area (TPSA) is 47.6 Å². The van der Waals surface area contributed by atoms with E-state index in [1.54, 1.807) is 36.4 Å². The summed E-state index contributed by atoms with van der Waals surface area (Å²) in [6.07, 6.45) is 0. The molecule has 1 amide bonds. The van der Waals surface area contributed by atoms with Crippen molar-refractivity contribution in [3.63, 3.8) is 0 Å². The van der Waals surface area contributed by atoms with Gasteiger partial charge in [-0.25, -0.2) is 0 Å². The Balaban J connectivity index is 1.75. The minimum absolute atomic E-state index is 0.294. The Hall–Kier alpha value is -2.69. The van der Waals surface area contributed by atoms with Crippen molar-refractivity contribution in [2.75, 3.05) is 12.4 Å². The number of nitrogens with one attached hydrogen (secondary N) is 1. The van der Waals surface area contributed by atoms with Gasteiger partial charge in [-0.15, -0.1) is 0 Å². The van der Waals surface area contributed by atoms with Crippen molar-refractivity contribution >= 4 is 34.8 Å². The molecule has 0 fully saturated rings. The van der Waals surface area contributed by atoms with Crippen LogP contribution in [-0.4, -0.2) is 13.0 Å². The molecule has 0 unspecified atom stereocenters. The molecule has 0 radical (unpaired) electrons. The van der Waals surface area contributed by atoms with Crippen molar-refractivity contribution in [1.29, 1.82) is 0 Å². The van der Waals surface area contributed by atoms with Crippen LogP contribution in [0.4, 0.5) is 5.69 Å². The summed E-state index contributed by atoms with van der Waals surface area (Å²) in [7, 11) is 1.53. The van der Waals surface area contributed by atoms with Crippen LogP contribution in [0.15, 0.2) is 66.7 Å². The minimum atomic E-state index is -0.327. The Bertz CT molecular complexity index is 945. The number of hydrogen-bond acceptors (Lipinski definition) is 3. The van der Waals surface area contributed by atoms with Crippen LogP contribution in [0.2, 0.25) is 10.0 Å². The molecule has 0 bridgehead atoms. The van der Waals surface area contributed by atoms with Crippen LogP contribution in [0.25, 0.3) is 0 Å². The summed E-state index contributed by atoms with van der Waals surface area (Å²) in [5.41, 5.74) is 1.89. The van der Waals surface area contributed by atoms with Crippen molar-refractivity contribution in [1.82, 2.24) is 0 Å². The predicted octanol–water partition coefficient (Wildman–Crippen LogP) is 5.83. The molecule has 0 atom stereocenters. The Labute approximate surface area is 167 Å². The average Bonchev–Trinajstić information content (AvgIpc) is 2.70. The molecule has 0 spiro atoms. The van der Waals surface area contributed by atoms with Crippen LogP contribution in [0.1, 0.15) is 15.9 Å². The first-order valence-electron chi connectivity index (χ1n) is 8.18. The van der Waals surface area contributed by atoms with E-state index in [1.165, 1.54) is 7.11 Å². The van der Waals surface area contributed by atoms with E-state index >= 15 is 0 Å². The number of rotatable bonds is 6. The van der Waals surface area contributed by atoms with E-state index < -0.39 is 0 Å². The van der Waals surface area contributed by atoms with Gasteiger partial charge in [-0.1, -0.05) is 59.6 Å². The molecule has 0 aliphatic carbocycles. The first kappa shape index (κ1) is 19.1. The molecule has 3 rings (SSSR count). The fourth-order valence-corrected chi connectivity index (χ4v) is 2.81. The van der Waals surface area contributed by atoms with Crippen molar-refractivity contribution < 1.29 is 14.3 Å². The second kappa shape index (κ2) is 8.80. The predicted molar refractivity (Wildman–Crippen MR) is 108 cm³/mol. The summed E-state index contributed by atoms with van der Waals surface area (Å²) >= 11 is 12.1. The van der Waals surface area contributed by atoms with Crippen molar-refractivity contribution in [2.24, 2.45) is 0 Å². The van der Waals surface area contributed by atoms with E-state index in [9.17, 15) is 4.79 Å². The Morgan fingerprint density at radius 2 is 1.74 bits per heavy atom. The Kier molecular flexibility index (Phi) is 6.22. The highest BCUT2D eigenvalue weighted by atomic mass is 35.5. The second-order valence-corrected chi connectivity index (χ2v) is 6.48. The molecule has 138 valence electrons. The van der Waals surface area contributed by atoms with Gasteiger partial charge in [0.05, 0.1) is 22.8 Å². The third kappa shape index (κ3) is 4.73. The minimum Gasteiger partial charge on any atom is -0.493 e. The lowest BCUT2D eigenvalue weighted by Gasteiger charge is -2.13. The highest BCUT2D eigenvalue weighted by Crippen LogP contribution is 2.32. The number of halogens is 2. The van der Waals surface area contributed by atoms with Crippen LogP contribution in [-0.2, 0) is 6.61 Å². The Morgan fingerprint density at radius 1 is 0.963 bits per heavy atom. The van der Waals surface area contributed by atoms with E-state index in [1.807, 2.05) is 30.3 Å². The highest BCUT2D eigenvalue weighted by molar-refractivity contribution is 6.44. The lowest BCUT2D eigenvalue weighted by molar-refractivity contribution is 0.102. The number of benzene rings is 3. The van der Waals surface area contributed by atoms with Gasteiger partial charge >= 0.3 is 0 Å². The zero-order chi connectivity index (χ0) is 19.2. The first-order valence-corrected chi connectivity index (χ1v) is 8.94. The van der Waals surface area contributed by atoms with Gasteiger partial charge in [-0.05, 0) is 35.9 Å². The number of hydrogen-bond donors (Lipinski definition) is 1. The third-order valence-electron chi connectivity index (χ3n) is 3.86. The summed E-state index contributed by atoms with van der Waals surface area (Å²) < 4.78 is 11.2. The number of ether oxygens (including phenoxy) is 2. The van der Waals surface area contributed by atoms with Gasteiger partial charge in [0, 0.05) is 5.56 Å². The Morgan fingerprint density at radius 3 is 2.48 bits per heavy atom. The molecule has 0 aliphatic rings. The molecule has 3 aromatic carbocycles. The molecule has 1 N–H and O–H groups in total.